The Hall–Kier alpha value is -0.0400. The Bertz CT molecular complexity index is 214. The van der Waals surface area contributed by atoms with E-state index in [9.17, 15) is 0 Å². The Morgan fingerprint density at radius 1 is 0.941 bits per heavy atom. The number of nitrogens with one attached hydrogen (secondary N) is 1. The predicted molar refractivity (Wildman–Crippen MR) is 75.2 cm³/mol. The number of hydrogen-bond acceptors (Lipinski definition) is 1. The summed E-state index contributed by atoms with van der Waals surface area (Å²) < 4.78 is 0. The molecular weight excluding hydrogens is 206 g/mol. The largest absolute Gasteiger partial charge is 0.314 e. The first-order valence-electron chi connectivity index (χ1n) is 8.03. The molecule has 1 heteroatoms. The van der Waals surface area contributed by atoms with Crippen molar-refractivity contribution < 1.29 is 0 Å². The monoisotopic (exact) mass is 237 g/mol. The van der Waals surface area contributed by atoms with E-state index in [1.54, 1.807) is 0 Å². The van der Waals surface area contributed by atoms with Gasteiger partial charge in [0.1, 0.15) is 0 Å². The second-order valence-electron chi connectivity index (χ2n) is 6.57. The van der Waals surface area contributed by atoms with Gasteiger partial charge in [-0.1, -0.05) is 52.4 Å². The van der Waals surface area contributed by atoms with Gasteiger partial charge in [-0.15, -0.1) is 0 Å². The Labute approximate surface area is 108 Å². The maximum absolute atomic E-state index is 3.76. The van der Waals surface area contributed by atoms with Gasteiger partial charge in [0.2, 0.25) is 0 Å². The van der Waals surface area contributed by atoms with Crippen LogP contribution in [0.1, 0.15) is 71.6 Å². The van der Waals surface area contributed by atoms with Crippen LogP contribution in [0.3, 0.4) is 0 Å². The molecule has 17 heavy (non-hydrogen) atoms. The fourth-order valence-electron chi connectivity index (χ4n) is 4.00. The molecule has 4 unspecified atom stereocenters. The topological polar surface area (TPSA) is 12.0 Å². The molecule has 0 aromatic carbocycles. The predicted octanol–water partition coefficient (Wildman–Crippen LogP) is 4.37. The molecule has 2 bridgehead atoms. The van der Waals surface area contributed by atoms with Crippen LogP contribution in [-0.4, -0.2) is 12.6 Å². The third-order valence-electron chi connectivity index (χ3n) is 5.16. The van der Waals surface area contributed by atoms with Crippen molar-refractivity contribution in [2.24, 2.45) is 17.8 Å². The van der Waals surface area contributed by atoms with E-state index in [0.29, 0.717) is 0 Å². The standard InChI is InChI=1S/C16H31N/c1-3-17-16-12-14-9-8-13(2)6-4-5-7-15(16)11-10-14/h13-17H,3-12H2,1-2H3. The molecule has 3 aliphatic carbocycles. The van der Waals surface area contributed by atoms with Gasteiger partial charge in [0.15, 0.2) is 0 Å². The molecule has 0 saturated heterocycles. The maximum Gasteiger partial charge on any atom is 0.00978 e. The lowest BCUT2D eigenvalue weighted by molar-refractivity contribution is 0.187. The fourth-order valence-corrected chi connectivity index (χ4v) is 4.00. The number of rotatable bonds is 2. The average molecular weight is 237 g/mol. The van der Waals surface area contributed by atoms with E-state index >= 15 is 0 Å². The summed E-state index contributed by atoms with van der Waals surface area (Å²) in [4.78, 5) is 0. The van der Waals surface area contributed by atoms with E-state index in [0.717, 1.165) is 30.3 Å². The van der Waals surface area contributed by atoms with Crippen molar-refractivity contribution in [2.75, 3.05) is 6.54 Å². The van der Waals surface area contributed by atoms with Crippen LogP contribution in [0.15, 0.2) is 0 Å². The van der Waals surface area contributed by atoms with Crippen LogP contribution in [0.5, 0.6) is 0 Å². The molecule has 3 saturated carbocycles. The SMILES string of the molecule is CCNC1CC2CCC(C)CCCCC1CC2. The highest BCUT2D eigenvalue weighted by Gasteiger charge is 2.30. The molecule has 3 fully saturated rings. The molecule has 3 aliphatic rings. The first kappa shape index (κ1) is 13.4. The quantitative estimate of drug-likeness (QED) is 0.752. The Kier molecular flexibility index (Phi) is 5.34. The second kappa shape index (κ2) is 6.78. The summed E-state index contributed by atoms with van der Waals surface area (Å²) in [5.74, 6) is 2.99. The molecule has 0 radical (unpaired) electrons. The third-order valence-corrected chi connectivity index (χ3v) is 5.16. The summed E-state index contributed by atoms with van der Waals surface area (Å²) in [6.07, 6.45) is 13.4. The van der Waals surface area contributed by atoms with Crippen LogP contribution in [-0.2, 0) is 0 Å². The highest BCUT2D eigenvalue weighted by Crippen LogP contribution is 2.36. The minimum absolute atomic E-state index is 0.840. The zero-order chi connectivity index (χ0) is 12.1. The Morgan fingerprint density at radius 2 is 1.71 bits per heavy atom. The molecule has 0 spiro atoms. The van der Waals surface area contributed by atoms with Gasteiger partial charge in [-0.2, -0.15) is 0 Å². The summed E-state index contributed by atoms with van der Waals surface area (Å²) in [6.45, 7) is 5.89. The molecule has 0 heterocycles. The van der Waals surface area contributed by atoms with Crippen LogP contribution < -0.4 is 5.32 Å². The van der Waals surface area contributed by atoms with Gasteiger partial charge in [0, 0.05) is 6.04 Å². The van der Waals surface area contributed by atoms with Gasteiger partial charge in [-0.25, -0.2) is 0 Å². The summed E-state index contributed by atoms with van der Waals surface area (Å²) in [5, 5.41) is 3.76. The molecule has 4 atom stereocenters. The zero-order valence-corrected chi connectivity index (χ0v) is 11.9. The lowest BCUT2D eigenvalue weighted by atomic mass is 9.75. The average Bonchev–Trinajstić information content (AvgIpc) is 2.39. The van der Waals surface area contributed by atoms with Crippen molar-refractivity contribution in [3.63, 3.8) is 0 Å². The Balaban J connectivity index is 1.95. The van der Waals surface area contributed by atoms with Gasteiger partial charge < -0.3 is 5.32 Å². The molecule has 0 amide bonds. The summed E-state index contributed by atoms with van der Waals surface area (Å²) in [5.41, 5.74) is 0. The highest BCUT2D eigenvalue weighted by atomic mass is 14.9. The van der Waals surface area contributed by atoms with E-state index in [1.165, 1.54) is 57.8 Å². The number of fused-ring (bicyclic) bond motifs is 8. The first-order valence-corrected chi connectivity index (χ1v) is 8.03. The van der Waals surface area contributed by atoms with Crippen molar-refractivity contribution in [1.82, 2.24) is 5.32 Å². The minimum atomic E-state index is 0.840. The van der Waals surface area contributed by atoms with E-state index in [2.05, 4.69) is 19.2 Å². The fraction of sp³-hybridized carbons (Fsp3) is 1.00. The van der Waals surface area contributed by atoms with Crippen molar-refractivity contribution >= 4 is 0 Å². The Morgan fingerprint density at radius 3 is 2.53 bits per heavy atom. The van der Waals surface area contributed by atoms with Gasteiger partial charge in [0.05, 0.1) is 0 Å². The number of hydrogen-bond donors (Lipinski definition) is 1. The minimum Gasteiger partial charge on any atom is -0.314 e. The summed E-state index contributed by atoms with van der Waals surface area (Å²) in [6, 6.07) is 0.840. The van der Waals surface area contributed by atoms with Crippen molar-refractivity contribution in [2.45, 2.75) is 77.7 Å². The molecule has 3 rings (SSSR count). The van der Waals surface area contributed by atoms with Crippen LogP contribution in [0.2, 0.25) is 0 Å². The molecule has 0 aromatic heterocycles. The van der Waals surface area contributed by atoms with Crippen LogP contribution in [0.4, 0.5) is 0 Å². The van der Waals surface area contributed by atoms with Gasteiger partial charge in [0.25, 0.3) is 0 Å². The molecule has 0 aromatic rings. The molecule has 1 N–H and O–H groups in total. The van der Waals surface area contributed by atoms with E-state index in [-0.39, 0.29) is 0 Å². The van der Waals surface area contributed by atoms with Crippen LogP contribution >= 0.6 is 0 Å². The van der Waals surface area contributed by atoms with E-state index < -0.39 is 0 Å². The maximum atomic E-state index is 3.76. The van der Waals surface area contributed by atoms with Gasteiger partial charge in [-0.05, 0) is 43.6 Å². The molecule has 1 nitrogen and oxygen atoms in total. The van der Waals surface area contributed by atoms with E-state index in [1.807, 2.05) is 0 Å². The lowest BCUT2D eigenvalue weighted by Gasteiger charge is -2.37. The van der Waals surface area contributed by atoms with Gasteiger partial charge in [-0.3, -0.25) is 0 Å². The second-order valence-corrected chi connectivity index (χ2v) is 6.57. The smallest absolute Gasteiger partial charge is 0.00978 e. The van der Waals surface area contributed by atoms with Crippen LogP contribution in [0, 0.1) is 17.8 Å². The highest BCUT2D eigenvalue weighted by molar-refractivity contribution is 4.85. The molecular formula is C16H31N. The summed E-state index contributed by atoms with van der Waals surface area (Å²) in [7, 11) is 0. The first-order chi connectivity index (χ1) is 8.29. The normalized spacial score (nSPS) is 39.9. The molecule has 100 valence electrons. The zero-order valence-electron chi connectivity index (χ0n) is 11.9. The van der Waals surface area contributed by atoms with Crippen molar-refractivity contribution in [3.05, 3.63) is 0 Å². The molecule has 0 aliphatic heterocycles. The third kappa shape index (κ3) is 3.98. The van der Waals surface area contributed by atoms with Crippen LogP contribution in [0.25, 0.3) is 0 Å². The van der Waals surface area contributed by atoms with E-state index in [4.69, 9.17) is 0 Å². The summed E-state index contributed by atoms with van der Waals surface area (Å²) >= 11 is 0. The van der Waals surface area contributed by atoms with Gasteiger partial charge >= 0.3 is 0 Å². The van der Waals surface area contributed by atoms with Crippen molar-refractivity contribution in [3.8, 4) is 0 Å². The lowest BCUT2D eigenvalue weighted by Crippen LogP contribution is -2.41. The van der Waals surface area contributed by atoms with Crippen molar-refractivity contribution in [1.29, 1.82) is 0 Å².